The van der Waals surface area contributed by atoms with E-state index in [0.29, 0.717) is 12.5 Å². The number of rotatable bonds is 8. The van der Waals surface area contributed by atoms with Gasteiger partial charge in [0.25, 0.3) is 0 Å². The van der Waals surface area contributed by atoms with Crippen molar-refractivity contribution in [2.45, 2.75) is 52.1 Å². The predicted molar refractivity (Wildman–Crippen MR) is 144 cm³/mol. The van der Waals surface area contributed by atoms with Gasteiger partial charge in [0.1, 0.15) is 0 Å². The van der Waals surface area contributed by atoms with Gasteiger partial charge in [-0.15, -0.1) is 23.7 Å². The van der Waals surface area contributed by atoms with Gasteiger partial charge < -0.3 is 15.1 Å². The van der Waals surface area contributed by atoms with E-state index in [-0.39, 0.29) is 35.7 Å². The van der Waals surface area contributed by atoms with E-state index in [9.17, 15) is 9.59 Å². The van der Waals surface area contributed by atoms with Gasteiger partial charge in [-0.3, -0.25) is 9.59 Å². The number of hydrogen-bond acceptors (Lipinski definition) is 4. The van der Waals surface area contributed by atoms with Crippen LogP contribution in [0.2, 0.25) is 0 Å². The van der Waals surface area contributed by atoms with Gasteiger partial charge in [-0.25, -0.2) is 0 Å². The quantitative estimate of drug-likeness (QED) is 0.448. The summed E-state index contributed by atoms with van der Waals surface area (Å²) in [5.74, 6) is 0.426. The summed E-state index contributed by atoms with van der Waals surface area (Å²) < 4.78 is 1.06. The van der Waals surface area contributed by atoms with Crippen LogP contribution in [0.25, 0.3) is 0 Å². The van der Waals surface area contributed by atoms with Gasteiger partial charge in [-0.05, 0) is 67.9 Å². The molecule has 2 aliphatic rings. The number of amides is 2. The molecule has 0 bridgehead atoms. The summed E-state index contributed by atoms with van der Waals surface area (Å²) in [6.45, 7) is 8.27. The number of thiophene rings is 1. The zero-order valence-corrected chi connectivity index (χ0v) is 23.2. The fourth-order valence-corrected chi connectivity index (χ4v) is 6.02. The van der Waals surface area contributed by atoms with Crippen molar-refractivity contribution >= 4 is 51.5 Å². The lowest BCUT2D eigenvalue weighted by Crippen LogP contribution is -2.45. The number of hydrogen-bond donors (Lipinski definition) is 1. The summed E-state index contributed by atoms with van der Waals surface area (Å²) in [7, 11) is 0. The van der Waals surface area contributed by atoms with Crippen molar-refractivity contribution in [3.8, 4) is 0 Å². The van der Waals surface area contributed by atoms with E-state index in [4.69, 9.17) is 0 Å². The number of likely N-dealkylation sites (tertiary alicyclic amines) is 2. The highest BCUT2D eigenvalue weighted by Crippen LogP contribution is 2.42. The van der Waals surface area contributed by atoms with E-state index in [1.807, 2.05) is 36.9 Å². The lowest BCUT2D eigenvalue weighted by Gasteiger charge is -2.38. The van der Waals surface area contributed by atoms with Crippen LogP contribution in [-0.4, -0.2) is 47.8 Å². The molecule has 1 unspecified atom stereocenters. The third-order valence-electron chi connectivity index (χ3n) is 7.16. The van der Waals surface area contributed by atoms with Crippen molar-refractivity contribution in [3.63, 3.8) is 0 Å². The highest BCUT2D eigenvalue weighted by Gasteiger charge is 2.47. The molecule has 1 aromatic heterocycles. The Morgan fingerprint density at radius 1 is 1.12 bits per heavy atom. The molecule has 1 N–H and O–H groups in total. The molecule has 186 valence electrons. The normalized spacial score (nSPS) is 18.8. The molecule has 2 saturated heterocycles. The molecule has 2 amide bonds. The maximum absolute atomic E-state index is 13.3. The second kappa shape index (κ2) is 12.0. The second-order valence-corrected chi connectivity index (χ2v) is 11.6. The standard InChI is InChI=1S/C26H34BrN3O2S.ClH/c1-19(2)24(31)28-22(23-4-3-17-33-23)9-13-29-14-10-26(11-15-29)12-16-30(25(26)32)18-20-5-7-21(27)8-6-20;/h3-8,17,19,22H,9-16,18H2,1-2H3,(H,28,31);1H. The van der Waals surface area contributed by atoms with Crippen LogP contribution >= 0.6 is 39.7 Å². The number of nitrogens with one attached hydrogen (secondary N) is 1. The number of carbonyl (C=O) groups is 2. The molecule has 2 aromatic rings. The smallest absolute Gasteiger partial charge is 0.229 e. The SMILES string of the molecule is CC(C)C(=O)NC(CCN1CCC2(CC1)CCN(Cc1ccc(Br)cc1)C2=O)c1cccs1.Cl. The number of benzene rings is 1. The molecule has 0 radical (unpaired) electrons. The van der Waals surface area contributed by atoms with Crippen LogP contribution < -0.4 is 5.32 Å². The Hall–Kier alpha value is -1.41. The van der Waals surface area contributed by atoms with Crippen molar-refractivity contribution in [1.82, 2.24) is 15.1 Å². The van der Waals surface area contributed by atoms with Gasteiger partial charge in [0, 0.05) is 34.9 Å². The molecule has 3 heterocycles. The highest BCUT2D eigenvalue weighted by atomic mass is 79.9. The van der Waals surface area contributed by atoms with Crippen LogP contribution in [0.4, 0.5) is 0 Å². The molecule has 8 heteroatoms. The monoisotopic (exact) mass is 567 g/mol. The lowest BCUT2D eigenvalue weighted by atomic mass is 9.77. The van der Waals surface area contributed by atoms with Crippen LogP contribution in [0.5, 0.6) is 0 Å². The first-order chi connectivity index (χ1) is 15.9. The van der Waals surface area contributed by atoms with Gasteiger partial charge in [0.2, 0.25) is 11.8 Å². The lowest BCUT2D eigenvalue weighted by molar-refractivity contribution is -0.139. The summed E-state index contributed by atoms with van der Waals surface area (Å²) in [6.07, 6.45) is 3.74. The summed E-state index contributed by atoms with van der Waals surface area (Å²) in [4.78, 5) is 31.4. The third kappa shape index (κ3) is 6.42. The summed E-state index contributed by atoms with van der Waals surface area (Å²) >= 11 is 5.18. The Bertz CT molecular complexity index is 943. The predicted octanol–water partition coefficient (Wildman–Crippen LogP) is 5.65. The Kier molecular flexibility index (Phi) is 9.61. The van der Waals surface area contributed by atoms with E-state index < -0.39 is 0 Å². The third-order valence-corrected chi connectivity index (χ3v) is 8.68. The first-order valence-corrected chi connectivity index (χ1v) is 13.6. The van der Waals surface area contributed by atoms with Crippen LogP contribution in [0, 0.1) is 11.3 Å². The topological polar surface area (TPSA) is 52.7 Å². The molecular formula is C26H35BrClN3O2S. The first kappa shape index (κ1) is 27.2. The van der Waals surface area contributed by atoms with Gasteiger partial charge >= 0.3 is 0 Å². The van der Waals surface area contributed by atoms with Crippen molar-refractivity contribution in [1.29, 1.82) is 0 Å². The van der Waals surface area contributed by atoms with E-state index in [2.05, 4.69) is 49.7 Å². The van der Waals surface area contributed by atoms with Crippen LogP contribution in [0.3, 0.4) is 0 Å². The Morgan fingerprint density at radius 3 is 2.41 bits per heavy atom. The zero-order chi connectivity index (χ0) is 23.4. The minimum absolute atomic E-state index is 0. The number of piperidine rings is 1. The molecule has 4 rings (SSSR count). The maximum atomic E-state index is 13.3. The average Bonchev–Trinajstić information content (AvgIpc) is 3.44. The van der Waals surface area contributed by atoms with Crippen LogP contribution in [0.1, 0.15) is 56.0 Å². The molecule has 34 heavy (non-hydrogen) atoms. The minimum atomic E-state index is -0.176. The molecule has 0 aliphatic carbocycles. The summed E-state index contributed by atoms with van der Waals surface area (Å²) in [5, 5.41) is 5.30. The average molecular weight is 569 g/mol. The molecule has 1 spiro atoms. The van der Waals surface area contributed by atoms with Crippen LogP contribution in [0.15, 0.2) is 46.3 Å². The summed E-state index contributed by atoms with van der Waals surface area (Å²) in [6, 6.07) is 12.5. The van der Waals surface area contributed by atoms with Crippen molar-refractivity contribution in [3.05, 3.63) is 56.7 Å². The molecule has 1 atom stereocenters. The Balaban J connectivity index is 0.00000324. The largest absolute Gasteiger partial charge is 0.348 e. The molecule has 2 aliphatic heterocycles. The minimum Gasteiger partial charge on any atom is -0.348 e. The van der Waals surface area contributed by atoms with Gasteiger partial charge in [0.05, 0.1) is 11.5 Å². The Labute approximate surface area is 221 Å². The molecule has 0 saturated carbocycles. The zero-order valence-electron chi connectivity index (χ0n) is 20.0. The van der Waals surface area contributed by atoms with Crippen molar-refractivity contribution in [2.75, 3.05) is 26.2 Å². The maximum Gasteiger partial charge on any atom is 0.229 e. The van der Waals surface area contributed by atoms with Crippen molar-refractivity contribution in [2.24, 2.45) is 11.3 Å². The number of halogens is 2. The fourth-order valence-electron chi connectivity index (χ4n) is 4.95. The number of carbonyl (C=O) groups excluding carboxylic acids is 2. The first-order valence-electron chi connectivity index (χ1n) is 12.0. The van der Waals surface area contributed by atoms with E-state index in [1.165, 1.54) is 10.4 Å². The van der Waals surface area contributed by atoms with Gasteiger partial charge in [-0.1, -0.05) is 48.0 Å². The van der Waals surface area contributed by atoms with Gasteiger partial charge in [0.15, 0.2) is 0 Å². The fraction of sp³-hybridized carbons (Fsp3) is 0.538. The number of nitrogens with zero attached hydrogens (tertiary/aromatic N) is 2. The van der Waals surface area contributed by atoms with E-state index in [0.717, 1.165) is 56.3 Å². The van der Waals surface area contributed by atoms with E-state index in [1.54, 1.807) is 11.3 Å². The highest BCUT2D eigenvalue weighted by molar-refractivity contribution is 9.10. The molecular weight excluding hydrogens is 534 g/mol. The van der Waals surface area contributed by atoms with E-state index >= 15 is 0 Å². The second-order valence-electron chi connectivity index (χ2n) is 9.75. The molecule has 5 nitrogen and oxygen atoms in total. The van der Waals surface area contributed by atoms with Gasteiger partial charge in [-0.2, -0.15) is 0 Å². The van der Waals surface area contributed by atoms with Crippen molar-refractivity contribution < 1.29 is 9.59 Å². The van der Waals surface area contributed by atoms with Crippen LogP contribution in [-0.2, 0) is 16.1 Å². The molecule has 1 aromatic carbocycles. The molecule has 2 fully saturated rings. The Morgan fingerprint density at radius 2 is 1.79 bits per heavy atom. The summed E-state index contributed by atoms with van der Waals surface area (Å²) in [5.41, 5.74) is 1.01.